The predicted octanol–water partition coefficient (Wildman–Crippen LogP) is 2.54. The van der Waals surface area contributed by atoms with Gasteiger partial charge >= 0.3 is 0 Å². The lowest BCUT2D eigenvalue weighted by Gasteiger charge is -2.21. The summed E-state index contributed by atoms with van der Waals surface area (Å²) in [5.74, 6) is 0. The molecule has 0 aliphatic heterocycles. The van der Waals surface area contributed by atoms with Crippen molar-refractivity contribution in [2.24, 2.45) is 0 Å². The quantitative estimate of drug-likeness (QED) is 0.923. The number of nitrogens with zero attached hydrogens (tertiary/aromatic N) is 1. The first kappa shape index (κ1) is 15.5. The number of aryl methyl sites for hydroxylation is 1. The molecule has 4 nitrogen and oxygen atoms in total. The van der Waals surface area contributed by atoms with Crippen LogP contribution in [0.4, 0.5) is 5.69 Å². The summed E-state index contributed by atoms with van der Waals surface area (Å²) in [4.78, 5) is 0.306. The molecule has 0 aliphatic rings. The van der Waals surface area contributed by atoms with Gasteiger partial charge in [-0.25, -0.2) is 8.42 Å². The van der Waals surface area contributed by atoms with Crippen molar-refractivity contribution >= 4 is 15.7 Å². The fourth-order valence-electron chi connectivity index (χ4n) is 2.22. The summed E-state index contributed by atoms with van der Waals surface area (Å²) >= 11 is 0. The summed E-state index contributed by atoms with van der Waals surface area (Å²) in [5, 5.41) is 3.02. The van der Waals surface area contributed by atoms with Crippen molar-refractivity contribution in [2.75, 3.05) is 18.4 Å². The van der Waals surface area contributed by atoms with Crippen molar-refractivity contribution in [3.63, 3.8) is 0 Å². The maximum atomic E-state index is 12.7. The minimum absolute atomic E-state index is 0.306. The summed E-state index contributed by atoms with van der Waals surface area (Å²) in [7, 11) is -0.130. The Bertz CT molecular complexity index is 727. The number of nitrogens with one attached hydrogen (secondary N) is 1. The SMILES string of the molecule is CNCc1cccc(S(=O)(=O)N(C)c2ccccc2C)c1. The van der Waals surface area contributed by atoms with Crippen LogP contribution in [0.5, 0.6) is 0 Å². The largest absolute Gasteiger partial charge is 0.316 e. The molecule has 5 heteroatoms. The maximum Gasteiger partial charge on any atom is 0.264 e. The van der Waals surface area contributed by atoms with Gasteiger partial charge in [-0.1, -0.05) is 30.3 Å². The van der Waals surface area contributed by atoms with E-state index >= 15 is 0 Å². The summed E-state index contributed by atoms with van der Waals surface area (Å²) in [5.41, 5.74) is 2.56. The van der Waals surface area contributed by atoms with Crippen molar-refractivity contribution in [2.45, 2.75) is 18.4 Å². The minimum Gasteiger partial charge on any atom is -0.316 e. The van der Waals surface area contributed by atoms with Gasteiger partial charge in [0.15, 0.2) is 0 Å². The van der Waals surface area contributed by atoms with Crippen LogP contribution in [0.1, 0.15) is 11.1 Å². The Balaban J connectivity index is 2.42. The second kappa shape index (κ2) is 6.28. The van der Waals surface area contributed by atoms with E-state index in [1.165, 1.54) is 4.31 Å². The zero-order valence-electron chi connectivity index (χ0n) is 12.5. The van der Waals surface area contributed by atoms with Gasteiger partial charge in [-0.3, -0.25) is 4.31 Å². The van der Waals surface area contributed by atoms with Gasteiger partial charge in [0, 0.05) is 13.6 Å². The molecule has 2 rings (SSSR count). The Hall–Kier alpha value is -1.85. The van der Waals surface area contributed by atoms with E-state index in [1.54, 1.807) is 25.2 Å². The topological polar surface area (TPSA) is 49.4 Å². The number of hydrogen-bond acceptors (Lipinski definition) is 3. The molecule has 2 aromatic carbocycles. The van der Waals surface area contributed by atoms with E-state index in [-0.39, 0.29) is 0 Å². The monoisotopic (exact) mass is 304 g/mol. The van der Waals surface area contributed by atoms with E-state index in [9.17, 15) is 8.42 Å². The van der Waals surface area contributed by atoms with Crippen LogP contribution in [-0.4, -0.2) is 22.5 Å². The molecule has 0 saturated carbocycles. The average Bonchev–Trinajstić information content (AvgIpc) is 2.48. The summed E-state index contributed by atoms with van der Waals surface area (Å²) in [6.45, 7) is 2.54. The molecule has 0 unspecified atom stereocenters. The highest BCUT2D eigenvalue weighted by molar-refractivity contribution is 7.92. The van der Waals surface area contributed by atoms with E-state index in [0.29, 0.717) is 17.1 Å². The Morgan fingerprint density at radius 1 is 1.10 bits per heavy atom. The highest BCUT2D eigenvalue weighted by Crippen LogP contribution is 2.25. The van der Waals surface area contributed by atoms with Crippen molar-refractivity contribution < 1.29 is 8.42 Å². The molecule has 0 fully saturated rings. The third kappa shape index (κ3) is 3.25. The number of hydrogen-bond donors (Lipinski definition) is 1. The molecule has 0 heterocycles. The van der Waals surface area contributed by atoms with E-state index in [1.807, 2.05) is 44.3 Å². The number of anilines is 1. The van der Waals surface area contributed by atoms with Gasteiger partial charge in [-0.05, 0) is 43.3 Å². The van der Waals surface area contributed by atoms with Gasteiger partial charge in [0.05, 0.1) is 10.6 Å². The van der Waals surface area contributed by atoms with Crippen molar-refractivity contribution in [1.82, 2.24) is 5.32 Å². The van der Waals surface area contributed by atoms with Gasteiger partial charge < -0.3 is 5.32 Å². The fraction of sp³-hybridized carbons (Fsp3) is 0.250. The highest BCUT2D eigenvalue weighted by Gasteiger charge is 2.22. The molecule has 0 bridgehead atoms. The van der Waals surface area contributed by atoms with Crippen molar-refractivity contribution in [3.8, 4) is 0 Å². The minimum atomic E-state index is -3.55. The standard InChI is InChI=1S/C16H20N2O2S/c1-13-7-4-5-10-16(13)18(3)21(19,20)15-9-6-8-14(11-15)12-17-2/h4-11,17H,12H2,1-3H3. The lowest BCUT2D eigenvalue weighted by Crippen LogP contribution is -2.27. The third-order valence-electron chi connectivity index (χ3n) is 3.39. The second-order valence-corrected chi connectivity index (χ2v) is 6.91. The van der Waals surface area contributed by atoms with Crippen LogP contribution in [0.2, 0.25) is 0 Å². The van der Waals surface area contributed by atoms with Gasteiger partial charge in [-0.15, -0.1) is 0 Å². The molecule has 0 aromatic heterocycles. The van der Waals surface area contributed by atoms with Crippen LogP contribution in [0, 0.1) is 6.92 Å². The van der Waals surface area contributed by atoms with Crippen LogP contribution in [0.15, 0.2) is 53.4 Å². The first-order valence-corrected chi connectivity index (χ1v) is 8.19. The molecular weight excluding hydrogens is 284 g/mol. The maximum absolute atomic E-state index is 12.7. The van der Waals surface area contributed by atoms with Crippen molar-refractivity contribution in [1.29, 1.82) is 0 Å². The molecule has 0 atom stereocenters. The molecular formula is C16H20N2O2S. The molecule has 0 radical (unpaired) electrons. The van der Waals surface area contributed by atoms with Gasteiger partial charge in [-0.2, -0.15) is 0 Å². The Labute approximate surface area is 126 Å². The van der Waals surface area contributed by atoms with E-state index < -0.39 is 10.0 Å². The molecule has 112 valence electrons. The van der Waals surface area contributed by atoms with Crippen LogP contribution in [0.3, 0.4) is 0 Å². The smallest absolute Gasteiger partial charge is 0.264 e. The summed E-state index contributed by atoms with van der Waals surface area (Å²) in [6, 6.07) is 14.5. The normalized spacial score (nSPS) is 11.4. The van der Waals surface area contributed by atoms with Gasteiger partial charge in [0.25, 0.3) is 10.0 Å². The Morgan fingerprint density at radius 3 is 2.48 bits per heavy atom. The highest BCUT2D eigenvalue weighted by atomic mass is 32.2. The number of sulfonamides is 1. The van der Waals surface area contributed by atoms with Gasteiger partial charge in [0.2, 0.25) is 0 Å². The number of rotatable bonds is 5. The van der Waals surface area contributed by atoms with Crippen LogP contribution in [-0.2, 0) is 16.6 Å². The number of para-hydroxylation sites is 1. The van der Waals surface area contributed by atoms with Crippen LogP contribution >= 0.6 is 0 Å². The molecule has 0 saturated heterocycles. The molecule has 0 spiro atoms. The predicted molar refractivity (Wildman–Crippen MR) is 86.0 cm³/mol. The summed E-state index contributed by atoms with van der Waals surface area (Å²) in [6.07, 6.45) is 0. The number of benzene rings is 2. The van der Waals surface area contributed by atoms with Crippen molar-refractivity contribution in [3.05, 3.63) is 59.7 Å². The molecule has 2 aromatic rings. The van der Waals surface area contributed by atoms with E-state index in [0.717, 1.165) is 11.1 Å². The zero-order valence-corrected chi connectivity index (χ0v) is 13.3. The molecule has 1 N–H and O–H groups in total. The van der Waals surface area contributed by atoms with Crippen LogP contribution in [0.25, 0.3) is 0 Å². The zero-order chi connectivity index (χ0) is 15.5. The third-order valence-corrected chi connectivity index (χ3v) is 5.16. The van der Waals surface area contributed by atoms with Gasteiger partial charge in [0.1, 0.15) is 0 Å². The lowest BCUT2D eigenvalue weighted by atomic mass is 10.2. The average molecular weight is 304 g/mol. The lowest BCUT2D eigenvalue weighted by molar-refractivity contribution is 0.594. The first-order chi connectivity index (χ1) is 9.96. The van der Waals surface area contributed by atoms with E-state index in [4.69, 9.17) is 0 Å². The second-order valence-electron chi connectivity index (χ2n) is 4.94. The molecule has 0 aliphatic carbocycles. The Morgan fingerprint density at radius 2 is 1.81 bits per heavy atom. The molecule has 0 amide bonds. The fourth-order valence-corrected chi connectivity index (χ4v) is 3.56. The summed E-state index contributed by atoms with van der Waals surface area (Å²) < 4.78 is 26.8. The van der Waals surface area contributed by atoms with E-state index in [2.05, 4.69) is 5.32 Å². The Kier molecular flexibility index (Phi) is 4.65. The molecule has 21 heavy (non-hydrogen) atoms. The van der Waals surface area contributed by atoms with Crippen LogP contribution < -0.4 is 9.62 Å². The first-order valence-electron chi connectivity index (χ1n) is 6.75.